The molecule has 0 aromatic heterocycles. The van der Waals surface area contributed by atoms with Crippen LogP contribution in [0.4, 0.5) is 0 Å². The summed E-state index contributed by atoms with van der Waals surface area (Å²) in [5.41, 5.74) is 1.34. The molecule has 4 heteroatoms. The summed E-state index contributed by atoms with van der Waals surface area (Å²) in [5, 5.41) is 2.70. The number of hydrogen-bond donors (Lipinski definition) is 1. The van der Waals surface area contributed by atoms with Gasteiger partial charge in [0.2, 0.25) is 5.91 Å². The summed E-state index contributed by atoms with van der Waals surface area (Å²) in [6.07, 6.45) is 5.12. The normalized spacial score (nSPS) is 16.6. The molecule has 1 N–H and O–H groups in total. The van der Waals surface area contributed by atoms with Crippen LogP contribution in [0.1, 0.15) is 5.56 Å². The monoisotopic (exact) mass is 271 g/mol. The molecule has 1 aliphatic rings. The lowest BCUT2D eigenvalue weighted by Crippen LogP contribution is -2.49. The maximum absolute atomic E-state index is 11.6. The van der Waals surface area contributed by atoms with Crippen molar-refractivity contribution in [2.24, 2.45) is 0 Å². The van der Waals surface area contributed by atoms with Crippen LogP contribution < -0.4 is 5.32 Å². The van der Waals surface area contributed by atoms with Crippen molar-refractivity contribution in [3.8, 4) is 12.3 Å². The number of piperazine rings is 1. The van der Waals surface area contributed by atoms with Gasteiger partial charge in [0.25, 0.3) is 0 Å². The number of hydrogen-bond acceptors (Lipinski definition) is 3. The molecule has 0 bridgehead atoms. The fourth-order valence-electron chi connectivity index (χ4n) is 2.36. The summed E-state index contributed by atoms with van der Waals surface area (Å²) in [4.78, 5) is 16.2. The third-order valence-electron chi connectivity index (χ3n) is 3.47. The largest absolute Gasteiger partial charge is 0.344 e. The maximum Gasteiger partial charge on any atom is 0.234 e. The average Bonchev–Trinajstić information content (AvgIpc) is 2.48. The van der Waals surface area contributed by atoms with Crippen molar-refractivity contribution in [2.45, 2.75) is 6.54 Å². The number of carbonyl (C=O) groups excluding carboxylic acids is 1. The Morgan fingerprint density at radius 1 is 1.15 bits per heavy atom. The van der Waals surface area contributed by atoms with Gasteiger partial charge in [0, 0.05) is 32.7 Å². The quantitative estimate of drug-likeness (QED) is 0.795. The highest BCUT2D eigenvalue weighted by Crippen LogP contribution is 2.07. The van der Waals surface area contributed by atoms with E-state index in [1.54, 1.807) is 0 Å². The molecule has 1 aliphatic heterocycles. The first-order chi connectivity index (χ1) is 9.78. The molecule has 0 radical (unpaired) electrons. The van der Waals surface area contributed by atoms with Crippen LogP contribution in [0.15, 0.2) is 30.3 Å². The smallest absolute Gasteiger partial charge is 0.234 e. The predicted molar refractivity (Wildman–Crippen MR) is 80.0 cm³/mol. The van der Waals surface area contributed by atoms with Gasteiger partial charge in [0.15, 0.2) is 0 Å². The molecule has 1 aromatic rings. The van der Waals surface area contributed by atoms with Gasteiger partial charge in [-0.15, -0.1) is 6.42 Å². The molecule has 0 saturated carbocycles. The van der Waals surface area contributed by atoms with E-state index in [4.69, 9.17) is 6.42 Å². The van der Waals surface area contributed by atoms with Crippen LogP contribution in [0, 0.1) is 12.3 Å². The Hall–Kier alpha value is -1.83. The number of amides is 1. The Morgan fingerprint density at radius 3 is 2.45 bits per heavy atom. The molecule has 0 spiro atoms. The summed E-state index contributed by atoms with van der Waals surface area (Å²) >= 11 is 0. The predicted octanol–water partition coefficient (Wildman–Crippen LogP) is 0.554. The molecule has 1 heterocycles. The zero-order valence-electron chi connectivity index (χ0n) is 11.7. The molecule has 1 fully saturated rings. The topological polar surface area (TPSA) is 35.6 Å². The van der Waals surface area contributed by atoms with Crippen molar-refractivity contribution < 1.29 is 4.79 Å². The summed E-state index contributed by atoms with van der Waals surface area (Å²) in [7, 11) is 0. The van der Waals surface area contributed by atoms with Crippen LogP contribution in [0.3, 0.4) is 0 Å². The molecule has 0 unspecified atom stereocenters. The molecule has 1 aromatic carbocycles. The number of rotatable bonds is 5. The lowest BCUT2D eigenvalue weighted by Gasteiger charge is -2.34. The highest BCUT2D eigenvalue weighted by molar-refractivity contribution is 5.78. The van der Waals surface area contributed by atoms with Crippen LogP contribution >= 0.6 is 0 Å². The lowest BCUT2D eigenvalue weighted by molar-refractivity contribution is -0.122. The van der Waals surface area contributed by atoms with Gasteiger partial charge in [-0.3, -0.25) is 14.6 Å². The zero-order valence-corrected chi connectivity index (χ0v) is 11.7. The van der Waals surface area contributed by atoms with Gasteiger partial charge >= 0.3 is 0 Å². The molecule has 4 nitrogen and oxygen atoms in total. The summed E-state index contributed by atoms with van der Waals surface area (Å²) in [6, 6.07) is 10.5. The minimum absolute atomic E-state index is 0.0134. The third kappa shape index (κ3) is 4.69. The molecule has 1 amide bonds. The number of nitrogens with one attached hydrogen (secondary N) is 1. The first-order valence-corrected chi connectivity index (χ1v) is 6.97. The first kappa shape index (κ1) is 14.6. The van der Waals surface area contributed by atoms with Gasteiger partial charge < -0.3 is 5.32 Å². The minimum Gasteiger partial charge on any atom is -0.344 e. The second kappa shape index (κ2) is 7.68. The Labute approximate surface area is 120 Å². The van der Waals surface area contributed by atoms with Crippen LogP contribution in [0.2, 0.25) is 0 Å². The van der Waals surface area contributed by atoms with Crippen molar-refractivity contribution in [1.29, 1.82) is 0 Å². The fraction of sp³-hybridized carbons (Fsp3) is 0.438. The second-order valence-corrected chi connectivity index (χ2v) is 5.02. The van der Waals surface area contributed by atoms with E-state index in [1.165, 1.54) is 5.56 Å². The van der Waals surface area contributed by atoms with Gasteiger partial charge in [0.1, 0.15) is 0 Å². The van der Waals surface area contributed by atoms with Gasteiger partial charge in [0.05, 0.1) is 13.1 Å². The summed E-state index contributed by atoms with van der Waals surface area (Å²) in [6.45, 7) is 5.59. The molecule has 2 rings (SSSR count). The standard InChI is InChI=1S/C16H21N3O/c1-2-8-17-16(20)14-19-11-9-18(10-12-19)13-15-6-4-3-5-7-15/h1,3-7H,8-14H2,(H,17,20). The van der Waals surface area contributed by atoms with Crippen LogP contribution in [0.5, 0.6) is 0 Å². The van der Waals surface area contributed by atoms with Crippen molar-refractivity contribution in [3.05, 3.63) is 35.9 Å². The van der Waals surface area contributed by atoms with E-state index in [1.807, 2.05) is 6.07 Å². The van der Waals surface area contributed by atoms with E-state index < -0.39 is 0 Å². The molecule has 1 saturated heterocycles. The Kier molecular flexibility index (Phi) is 5.60. The molecule has 20 heavy (non-hydrogen) atoms. The summed E-state index contributed by atoms with van der Waals surface area (Å²) in [5.74, 6) is 2.42. The average molecular weight is 271 g/mol. The Bertz CT molecular complexity index is 458. The third-order valence-corrected chi connectivity index (χ3v) is 3.47. The van der Waals surface area contributed by atoms with E-state index in [0.29, 0.717) is 13.1 Å². The summed E-state index contributed by atoms with van der Waals surface area (Å²) < 4.78 is 0. The van der Waals surface area contributed by atoms with E-state index in [9.17, 15) is 4.79 Å². The molecule has 0 aliphatic carbocycles. The first-order valence-electron chi connectivity index (χ1n) is 6.97. The number of terminal acetylenes is 1. The van der Waals surface area contributed by atoms with E-state index in [-0.39, 0.29) is 5.91 Å². The second-order valence-electron chi connectivity index (χ2n) is 5.02. The highest BCUT2D eigenvalue weighted by atomic mass is 16.2. The van der Waals surface area contributed by atoms with Crippen LogP contribution in [-0.2, 0) is 11.3 Å². The SMILES string of the molecule is C#CCNC(=O)CN1CCN(Cc2ccccc2)CC1. The van der Waals surface area contributed by atoms with Gasteiger partial charge in [-0.25, -0.2) is 0 Å². The lowest BCUT2D eigenvalue weighted by atomic mass is 10.2. The van der Waals surface area contributed by atoms with E-state index >= 15 is 0 Å². The fourth-order valence-corrected chi connectivity index (χ4v) is 2.36. The van der Waals surface area contributed by atoms with Crippen LogP contribution in [0.25, 0.3) is 0 Å². The van der Waals surface area contributed by atoms with Gasteiger partial charge in [-0.1, -0.05) is 36.3 Å². The van der Waals surface area contributed by atoms with Crippen LogP contribution in [-0.4, -0.2) is 55.0 Å². The van der Waals surface area contributed by atoms with Crippen molar-refractivity contribution >= 4 is 5.91 Å². The maximum atomic E-state index is 11.6. The van der Waals surface area contributed by atoms with Crippen molar-refractivity contribution in [2.75, 3.05) is 39.3 Å². The molecule has 0 atom stereocenters. The van der Waals surface area contributed by atoms with Gasteiger partial charge in [-0.2, -0.15) is 0 Å². The van der Waals surface area contributed by atoms with Crippen molar-refractivity contribution in [3.63, 3.8) is 0 Å². The van der Waals surface area contributed by atoms with Gasteiger partial charge in [-0.05, 0) is 5.56 Å². The van der Waals surface area contributed by atoms with Crippen molar-refractivity contribution in [1.82, 2.24) is 15.1 Å². The Balaban J connectivity index is 1.70. The number of benzene rings is 1. The van der Waals surface area contributed by atoms with E-state index in [0.717, 1.165) is 32.7 Å². The zero-order chi connectivity index (χ0) is 14.2. The molecule has 106 valence electrons. The van der Waals surface area contributed by atoms with E-state index in [2.05, 4.69) is 45.3 Å². The molecular formula is C16H21N3O. The minimum atomic E-state index is 0.0134. The molecular weight excluding hydrogens is 250 g/mol. The number of nitrogens with zero attached hydrogens (tertiary/aromatic N) is 2. The number of carbonyl (C=O) groups is 1. The Morgan fingerprint density at radius 2 is 1.80 bits per heavy atom. The highest BCUT2D eigenvalue weighted by Gasteiger charge is 2.18.